The number of hydrogen-bond donors (Lipinski definition) is 1. The van der Waals surface area contributed by atoms with Gasteiger partial charge in [-0.2, -0.15) is 0 Å². The number of fused-ring (bicyclic) bond motifs is 1. The number of nitrogens with one attached hydrogen (secondary N) is 1. The number of carbonyl (C=O) groups excluding carboxylic acids is 3. The average Bonchev–Trinajstić information content (AvgIpc) is 2.71. The van der Waals surface area contributed by atoms with Gasteiger partial charge in [-0.1, -0.05) is 17.7 Å². The summed E-state index contributed by atoms with van der Waals surface area (Å²) in [7, 11) is 1.31. The summed E-state index contributed by atoms with van der Waals surface area (Å²) in [4.78, 5) is 38.7. The Kier molecular flexibility index (Phi) is 5.53. The summed E-state index contributed by atoms with van der Waals surface area (Å²) >= 11 is 9.32. The first-order valence-corrected chi connectivity index (χ1v) is 9.27. The SMILES string of the molecule is COC(=O)c1ccc(CN2C(=O)c3ccc(Cl)cc3NC(=O)[C@H]2C)cc1Br. The third kappa shape index (κ3) is 3.84. The van der Waals surface area contributed by atoms with Gasteiger partial charge in [0.1, 0.15) is 6.04 Å². The van der Waals surface area contributed by atoms with Crippen molar-refractivity contribution in [2.24, 2.45) is 0 Å². The highest BCUT2D eigenvalue weighted by Crippen LogP contribution is 2.28. The molecular weight excluding hydrogens is 436 g/mol. The number of halogens is 2. The topological polar surface area (TPSA) is 75.7 Å². The van der Waals surface area contributed by atoms with Crippen LogP contribution in [0.5, 0.6) is 0 Å². The van der Waals surface area contributed by atoms with Crippen molar-refractivity contribution in [3.63, 3.8) is 0 Å². The summed E-state index contributed by atoms with van der Waals surface area (Å²) in [5.41, 5.74) is 1.92. The van der Waals surface area contributed by atoms with E-state index in [0.717, 1.165) is 5.56 Å². The number of ether oxygens (including phenoxy) is 1. The molecule has 1 N–H and O–H groups in total. The number of esters is 1. The van der Waals surface area contributed by atoms with Crippen molar-refractivity contribution in [3.05, 3.63) is 62.6 Å². The zero-order chi connectivity index (χ0) is 19.7. The van der Waals surface area contributed by atoms with Crippen LogP contribution in [0, 0.1) is 0 Å². The monoisotopic (exact) mass is 450 g/mol. The van der Waals surface area contributed by atoms with Gasteiger partial charge < -0.3 is 15.0 Å². The van der Waals surface area contributed by atoms with Crippen molar-refractivity contribution < 1.29 is 19.1 Å². The molecule has 0 aliphatic carbocycles. The summed E-state index contributed by atoms with van der Waals surface area (Å²) < 4.78 is 5.28. The maximum atomic E-state index is 13.0. The average molecular weight is 452 g/mol. The van der Waals surface area contributed by atoms with Gasteiger partial charge >= 0.3 is 5.97 Å². The molecule has 3 rings (SSSR count). The highest BCUT2D eigenvalue weighted by atomic mass is 79.9. The Bertz CT molecular complexity index is 947. The van der Waals surface area contributed by atoms with E-state index in [4.69, 9.17) is 16.3 Å². The molecule has 6 nitrogen and oxygen atoms in total. The first-order valence-electron chi connectivity index (χ1n) is 8.10. The van der Waals surface area contributed by atoms with E-state index in [1.54, 1.807) is 43.3 Å². The molecule has 2 aromatic carbocycles. The number of anilines is 1. The van der Waals surface area contributed by atoms with E-state index in [0.29, 0.717) is 26.3 Å². The van der Waals surface area contributed by atoms with Crippen LogP contribution < -0.4 is 5.32 Å². The third-order valence-electron chi connectivity index (χ3n) is 4.37. The van der Waals surface area contributed by atoms with Gasteiger partial charge in [-0.3, -0.25) is 9.59 Å². The predicted molar refractivity (Wildman–Crippen MR) is 105 cm³/mol. The van der Waals surface area contributed by atoms with Crippen molar-refractivity contribution in [2.45, 2.75) is 19.5 Å². The quantitative estimate of drug-likeness (QED) is 0.719. The lowest BCUT2D eigenvalue weighted by atomic mass is 10.1. The number of hydrogen-bond acceptors (Lipinski definition) is 4. The Morgan fingerprint density at radius 1 is 1.26 bits per heavy atom. The Labute approximate surface area is 169 Å². The largest absolute Gasteiger partial charge is 0.465 e. The summed E-state index contributed by atoms with van der Waals surface area (Å²) in [6.07, 6.45) is 0. The van der Waals surface area contributed by atoms with Gasteiger partial charge in [-0.25, -0.2) is 4.79 Å². The van der Waals surface area contributed by atoms with Gasteiger partial charge in [0, 0.05) is 16.0 Å². The number of benzene rings is 2. The lowest BCUT2D eigenvalue weighted by Crippen LogP contribution is -2.42. The molecule has 2 aromatic rings. The zero-order valence-electron chi connectivity index (χ0n) is 14.6. The Hall–Kier alpha value is -2.38. The fourth-order valence-electron chi connectivity index (χ4n) is 2.85. The Balaban J connectivity index is 1.94. The van der Waals surface area contributed by atoms with Crippen LogP contribution in [-0.2, 0) is 16.1 Å². The van der Waals surface area contributed by atoms with Crippen molar-refractivity contribution in [2.75, 3.05) is 12.4 Å². The standard InChI is InChI=1S/C19H16BrClN2O4/c1-10-17(24)22-16-8-12(21)4-6-14(16)18(25)23(10)9-11-3-5-13(15(20)7-11)19(26)27-2/h3-8,10H,9H2,1-2H3,(H,22,24)/t10-/m1/s1. The molecule has 1 aliphatic rings. The summed E-state index contributed by atoms with van der Waals surface area (Å²) in [5, 5.41) is 3.18. The summed E-state index contributed by atoms with van der Waals surface area (Å²) in [6, 6.07) is 9.17. The van der Waals surface area contributed by atoms with E-state index < -0.39 is 12.0 Å². The van der Waals surface area contributed by atoms with Gasteiger partial charge in [0.2, 0.25) is 5.91 Å². The van der Waals surface area contributed by atoms with E-state index in [1.165, 1.54) is 12.0 Å². The van der Waals surface area contributed by atoms with E-state index >= 15 is 0 Å². The maximum Gasteiger partial charge on any atom is 0.339 e. The highest BCUT2D eigenvalue weighted by molar-refractivity contribution is 9.10. The van der Waals surface area contributed by atoms with E-state index in [1.807, 2.05) is 0 Å². The normalized spacial score (nSPS) is 16.4. The molecule has 0 spiro atoms. The first-order chi connectivity index (χ1) is 12.8. The fourth-order valence-corrected chi connectivity index (χ4v) is 3.61. The van der Waals surface area contributed by atoms with Crippen molar-refractivity contribution in [1.29, 1.82) is 0 Å². The lowest BCUT2D eigenvalue weighted by Gasteiger charge is -2.26. The number of rotatable bonds is 3. The van der Waals surface area contributed by atoms with Crippen LogP contribution >= 0.6 is 27.5 Å². The molecule has 1 aliphatic heterocycles. The molecular formula is C19H16BrClN2O4. The molecule has 8 heteroatoms. The van der Waals surface area contributed by atoms with Crippen molar-refractivity contribution in [1.82, 2.24) is 4.90 Å². The number of amides is 2. The minimum absolute atomic E-state index is 0.204. The van der Waals surface area contributed by atoms with Crippen LogP contribution in [0.4, 0.5) is 5.69 Å². The van der Waals surface area contributed by atoms with E-state index in [-0.39, 0.29) is 18.4 Å². The molecule has 27 heavy (non-hydrogen) atoms. The van der Waals surface area contributed by atoms with Crippen LogP contribution in [0.2, 0.25) is 5.02 Å². The summed E-state index contributed by atoms with van der Waals surface area (Å²) in [6.45, 7) is 1.87. The molecule has 0 bridgehead atoms. The van der Waals surface area contributed by atoms with Crippen LogP contribution in [0.25, 0.3) is 0 Å². The second kappa shape index (κ2) is 7.70. The van der Waals surface area contributed by atoms with Gasteiger partial charge in [0.15, 0.2) is 0 Å². The number of methoxy groups -OCH3 is 1. The van der Waals surface area contributed by atoms with Gasteiger partial charge in [0.05, 0.1) is 23.9 Å². The Morgan fingerprint density at radius 2 is 2.00 bits per heavy atom. The van der Waals surface area contributed by atoms with Crippen LogP contribution in [0.15, 0.2) is 40.9 Å². The Morgan fingerprint density at radius 3 is 2.67 bits per heavy atom. The second-order valence-electron chi connectivity index (χ2n) is 6.09. The zero-order valence-corrected chi connectivity index (χ0v) is 16.9. The first kappa shape index (κ1) is 19.4. The lowest BCUT2D eigenvalue weighted by molar-refractivity contribution is -0.120. The summed E-state index contributed by atoms with van der Waals surface area (Å²) in [5.74, 6) is -1.03. The number of carbonyl (C=O) groups is 3. The molecule has 0 fully saturated rings. The van der Waals surface area contributed by atoms with Crippen LogP contribution in [-0.4, -0.2) is 35.8 Å². The minimum Gasteiger partial charge on any atom is -0.465 e. The van der Waals surface area contributed by atoms with Crippen LogP contribution in [0.3, 0.4) is 0 Å². The number of nitrogens with zero attached hydrogens (tertiary/aromatic N) is 1. The minimum atomic E-state index is -0.678. The predicted octanol–water partition coefficient (Wildman–Crippen LogP) is 3.87. The fraction of sp³-hybridized carbons (Fsp3) is 0.211. The van der Waals surface area contributed by atoms with Gasteiger partial charge in [-0.15, -0.1) is 0 Å². The molecule has 2 amide bonds. The molecule has 0 saturated heterocycles. The third-order valence-corrected chi connectivity index (χ3v) is 5.26. The highest BCUT2D eigenvalue weighted by Gasteiger charge is 2.32. The van der Waals surface area contributed by atoms with E-state index in [9.17, 15) is 14.4 Å². The molecule has 0 unspecified atom stereocenters. The molecule has 140 valence electrons. The molecule has 0 aromatic heterocycles. The molecule has 1 atom stereocenters. The second-order valence-corrected chi connectivity index (χ2v) is 7.38. The van der Waals surface area contributed by atoms with Crippen LogP contribution in [0.1, 0.15) is 33.2 Å². The molecule has 0 saturated carbocycles. The molecule has 0 radical (unpaired) electrons. The van der Waals surface area contributed by atoms with Gasteiger partial charge in [-0.05, 0) is 58.7 Å². The molecule has 1 heterocycles. The van der Waals surface area contributed by atoms with Crippen molar-refractivity contribution in [3.8, 4) is 0 Å². The van der Waals surface area contributed by atoms with Crippen molar-refractivity contribution >= 4 is 51.0 Å². The smallest absolute Gasteiger partial charge is 0.339 e. The maximum absolute atomic E-state index is 13.0. The van der Waals surface area contributed by atoms with Gasteiger partial charge in [0.25, 0.3) is 5.91 Å². The van der Waals surface area contributed by atoms with E-state index in [2.05, 4.69) is 21.2 Å².